The SMILES string of the molecule is O=C(c1cccc2cccnc12)N1CCC(O)CC1. The minimum atomic E-state index is -0.269. The van der Waals surface area contributed by atoms with Crippen molar-refractivity contribution >= 4 is 16.8 Å². The van der Waals surface area contributed by atoms with E-state index in [1.165, 1.54) is 0 Å². The van der Waals surface area contributed by atoms with Crippen LogP contribution in [0.5, 0.6) is 0 Å². The van der Waals surface area contributed by atoms with E-state index >= 15 is 0 Å². The summed E-state index contributed by atoms with van der Waals surface area (Å²) in [5, 5.41) is 10.5. The summed E-state index contributed by atoms with van der Waals surface area (Å²) in [6, 6.07) is 9.49. The molecule has 0 spiro atoms. The van der Waals surface area contributed by atoms with E-state index in [4.69, 9.17) is 0 Å². The quantitative estimate of drug-likeness (QED) is 0.847. The summed E-state index contributed by atoms with van der Waals surface area (Å²) in [7, 11) is 0. The Hall–Kier alpha value is -1.94. The Morgan fingerprint density at radius 3 is 2.74 bits per heavy atom. The minimum Gasteiger partial charge on any atom is -0.393 e. The zero-order valence-electron chi connectivity index (χ0n) is 10.6. The minimum absolute atomic E-state index is 0.0104. The molecule has 2 heterocycles. The van der Waals surface area contributed by atoms with Crippen molar-refractivity contribution in [3.63, 3.8) is 0 Å². The number of hydrogen-bond acceptors (Lipinski definition) is 3. The Morgan fingerprint density at radius 1 is 1.21 bits per heavy atom. The number of aliphatic hydroxyl groups is 1. The first-order chi connectivity index (χ1) is 9.25. The molecule has 4 nitrogen and oxygen atoms in total. The second-order valence-corrected chi connectivity index (χ2v) is 4.90. The number of benzene rings is 1. The van der Waals surface area contributed by atoms with Crippen LogP contribution in [0.25, 0.3) is 10.9 Å². The van der Waals surface area contributed by atoms with Gasteiger partial charge in [-0.05, 0) is 25.0 Å². The third-order valence-electron chi connectivity index (χ3n) is 3.61. The van der Waals surface area contributed by atoms with Gasteiger partial charge in [-0.25, -0.2) is 0 Å². The third kappa shape index (κ3) is 2.31. The standard InChI is InChI=1S/C15H16N2O2/c18-12-6-9-17(10-7-12)15(19)13-5-1-3-11-4-2-8-16-14(11)13/h1-5,8,12,18H,6-7,9-10H2. The van der Waals surface area contributed by atoms with Crippen molar-refractivity contribution in [1.82, 2.24) is 9.88 Å². The Bertz CT molecular complexity index is 599. The third-order valence-corrected chi connectivity index (χ3v) is 3.61. The van der Waals surface area contributed by atoms with E-state index < -0.39 is 0 Å². The molecule has 19 heavy (non-hydrogen) atoms. The van der Waals surface area contributed by atoms with Crippen LogP contribution in [0.3, 0.4) is 0 Å². The van der Waals surface area contributed by atoms with E-state index in [2.05, 4.69) is 4.98 Å². The lowest BCUT2D eigenvalue weighted by Crippen LogP contribution is -2.40. The Morgan fingerprint density at radius 2 is 1.95 bits per heavy atom. The summed E-state index contributed by atoms with van der Waals surface area (Å²) >= 11 is 0. The van der Waals surface area contributed by atoms with Crippen molar-refractivity contribution in [3.05, 3.63) is 42.1 Å². The number of para-hydroxylation sites is 1. The monoisotopic (exact) mass is 256 g/mol. The summed E-state index contributed by atoms with van der Waals surface area (Å²) in [4.78, 5) is 18.6. The molecular weight excluding hydrogens is 240 g/mol. The molecule has 1 fully saturated rings. The number of rotatable bonds is 1. The van der Waals surface area contributed by atoms with Gasteiger partial charge in [-0.1, -0.05) is 18.2 Å². The normalized spacial score (nSPS) is 16.8. The number of pyridine rings is 1. The van der Waals surface area contributed by atoms with Gasteiger partial charge >= 0.3 is 0 Å². The molecule has 1 aromatic carbocycles. The van der Waals surface area contributed by atoms with Crippen molar-refractivity contribution in [2.24, 2.45) is 0 Å². The van der Waals surface area contributed by atoms with Crippen LogP contribution >= 0.6 is 0 Å². The van der Waals surface area contributed by atoms with E-state index in [1.54, 1.807) is 11.1 Å². The van der Waals surface area contributed by atoms with Gasteiger partial charge in [0, 0.05) is 24.7 Å². The number of nitrogens with zero attached hydrogens (tertiary/aromatic N) is 2. The highest BCUT2D eigenvalue weighted by atomic mass is 16.3. The fourth-order valence-corrected chi connectivity index (χ4v) is 2.52. The molecule has 2 aromatic rings. The molecule has 0 aliphatic carbocycles. The van der Waals surface area contributed by atoms with Crippen LogP contribution in [0.4, 0.5) is 0 Å². The lowest BCUT2D eigenvalue weighted by Gasteiger charge is -2.29. The first kappa shape index (κ1) is 12.1. The van der Waals surface area contributed by atoms with Gasteiger partial charge in [0.05, 0.1) is 17.2 Å². The maximum absolute atomic E-state index is 12.5. The number of likely N-dealkylation sites (tertiary alicyclic amines) is 1. The summed E-state index contributed by atoms with van der Waals surface area (Å²) < 4.78 is 0. The lowest BCUT2D eigenvalue weighted by molar-refractivity contribution is 0.0548. The van der Waals surface area contributed by atoms with E-state index in [0.717, 1.165) is 10.9 Å². The van der Waals surface area contributed by atoms with Gasteiger partial charge in [0.1, 0.15) is 0 Å². The van der Waals surface area contributed by atoms with Gasteiger partial charge in [0.15, 0.2) is 0 Å². The van der Waals surface area contributed by atoms with Gasteiger partial charge < -0.3 is 10.0 Å². The predicted molar refractivity (Wildman–Crippen MR) is 72.9 cm³/mol. The number of carbonyl (C=O) groups is 1. The fourth-order valence-electron chi connectivity index (χ4n) is 2.52. The highest BCUT2D eigenvalue weighted by molar-refractivity contribution is 6.05. The Balaban J connectivity index is 1.93. The summed E-state index contributed by atoms with van der Waals surface area (Å²) in [5.41, 5.74) is 1.40. The molecule has 1 aliphatic rings. The van der Waals surface area contributed by atoms with Gasteiger partial charge in [-0.2, -0.15) is 0 Å². The number of fused-ring (bicyclic) bond motifs is 1. The van der Waals surface area contributed by atoms with Crippen molar-refractivity contribution in [2.75, 3.05) is 13.1 Å². The van der Waals surface area contributed by atoms with Gasteiger partial charge in [0.25, 0.3) is 5.91 Å². The highest BCUT2D eigenvalue weighted by Gasteiger charge is 2.23. The molecule has 1 amide bonds. The van der Waals surface area contributed by atoms with Gasteiger partial charge in [-0.3, -0.25) is 9.78 Å². The first-order valence-corrected chi connectivity index (χ1v) is 6.57. The molecular formula is C15H16N2O2. The maximum atomic E-state index is 12.5. The molecule has 1 N–H and O–H groups in total. The lowest BCUT2D eigenvalue weighted by atomic mass is 10.0. The van der Waals surface area contributed by atoms with Crippen molar-refractivity contribution in [3.8, 4) is 0 Å². The molecule has 3 rings (SSSR count). The number of amides is 1. The zero-order valence-corrected chi connectivity index (χ0v) is 10.6. The molecule has 1 aliphatic heterocycles. The fraction of sp³-hybridized carbons (Fsp3) is 0.333. The number of aliphatic hydroxyl groups excluding tert-OH is 1. The molecule has 98 valence electrons. The average molecular weight is 256 g/mol. The first-order valence-electron chi connectivity index (χ1n) is 6.57. The van der Waals surface area contributed by atoms with Crippen LogP contribution in [0.15, 0.2) is 36.5 Å². The average Bonchev–Trinajstić information content (AvgIpc) is 2.47. The molecule has 0 radical (unpaired) electrons. The van der Waals surface area contributed by atoms with E-state index in [-0.39, 0.29) is 12.0 Å². The topological polar surface area (TPSA) is 53.4 Å². The molecule has 0 bridgehead atoms. The molecule has 0 atom stereocenters. The van der Waals surface area contributed by atoms with E-state index in [1.807, 2.05) is 30.3 Å². The smallest absolute Gasteiger partial charge is 0.256 e. The molecule has 0 unspecified atom stereocenters. The maximum Gasteiger partial charge on any atom is 0.256 e. The van der Waals surface area contributed by atoms with Crippen molar-refractivity contribution in [1.29, 1.82) is 0 Å². The van der Waals surface area contributed by atoms with Crippen LogP contribution < -0.4 is 0 Å². The van der Waals surface area contributed by atoms with Crippen LogP contribution in [0.2, 0.25) is 0 Å². The molecule has 1 aromatic heterocycles. The summed E-state index contributed by atoms with van der Waals surface area (Å²) in [6.07, 6.45) is 2.75. The van der Waals surface area contributed by atoms with E-state index in [9.17, 15) is 9.90 Å². The predicted octanol–water partition coefficient (Wildman–Crippen LogP) is 1.83. The summed E-state index contributed by atoms with van der Waals surface area (Å²) in [6.45, 7) is 1.23. The number of hydrogen-bond donors (Lipinski definition) is 1. The number of piperidine rings is 1. The van der Waals surface area contributed by atoms with Crippen molar-refractivity contribution < 1.29 is 9.90 Å². The molecule has 0 saturated carbocycles. The van der Waals surface area contributed by atoms with Crippen molar-refractivity contribution in [2.45, 2.75) is 18.9 Å². The van der Waals surface area contributed by atoms with E-state index in [0.29, 0.717) is 31.5 Å². The summed E-state index contributed by atoms with van der Waals surface area (Å²) in [5.74, 6) is 0.0104. The van der Waals surface area contributed by atoms with Crippen LogP contribution in [-0.4, -0.2) is 40.1 Å². The molecule has 4 heteroatoms. The van der Waals surface area contributed by atoms with Gasteiger partial charge in [-0.15, -0.1) is 0 Å². The largest absolute Gasteiger partial charge is 0.393 e. The van der Waals surface area contributed by atoms with Crippen LogP contribution in [0, 0.1) is 0 Å². The number of carbonyl (C=O) groups excluding carboxylic acids is 1. The zero-order chi connectivity index (χ0) is 13.2. The molecule has 1 saturated heterocycles. The Kier molecular flexibility index (Phi) is 3.17. The second kappa shape index (κ2) is 4.97. The number of aromatic nitrogens is 1. The second-order valence-electron chi connectivity index (χ2n) is 4.90. The Labute approximate surface area is 111 Å². The van der Waals surface area contributed by atoms with Crippen LogP contribution in [0.1, 0.15) is 23.2 Å². The van der Waals surface area contributed by atoms with Crippen LogP contribution in [-0.2, 0) is 0 Å². The highest BCUT2D eigenvalue weighted by Crippen LogP contribution is 2.20. The van der Waals surface area contributed by atoms with Gasteiger partial charge in [0.2, 0.25) is 0 Å².